The standard InChI is InChI=1S/C18H27N3O3.ClH/c1-11(2)10-20-17(22)14-5-6-15(12(3)9-14)21-18(23)16-13(4)24-8-7-19-16;/h5-6,9,11,13,16,19H,7-8,10H2,1-4H3,(H,20,22)(H,21,23);1H/t13-,16+;/m1./s1. The van der Waals surface area contributed by atoms with Crippen molar-refractivity contribution in [3.8, 4) is 0 Å². The molecule has 0 radical (unpaired) electrons. The summed E-state index contributed by atoms with van der Waals surface area (Å²) < 4.78 is 5.50. The second-order valence-corrected chi connectivity index (χ2v) is 6.63. The first kappa shape index (κ1) is 21.4. The monoisotopic (exact) mass is 369 g/mol. The van der Waals surface area contributed by atoms with Crippen LogP contribution < -0.4 is 16.0 Å². The van der Waals surface area contributed by atoms with Gasteiger partial charge in [-0.25, -0.2) is 0 Å². The molecule has 1 fully saturated rings. The van der Waals surface area contributed by atoms with Crippen LogP contribution in [-0.2, 0) is 9.53 Å². The van der Waals surface area contributed by atoms with E-state index >= 15 is 0 Å². The third kappa shape index (κ3) is 5.99. The fraction of sp³-hybridized carbons (Fsp3) is 0.556. The summed E-state index contributed by atoms with van der Waals surface area (Å²) in [4.78, 5) is 24.5. The number of benzene rings is 1. The van der Waals surface area contributed by atoms with Gasteiger partial charge >= 0.3 is 0 Å². The molecule has 7 heteroatoms. The summed E-state index contributed by atoms with van der Waals surface area (Å²) in [6, 6.07) is 4.92. The third-order valence-electron chi connectivity index (χ3n) is 4.02. The molecule has 2 rings (SSSR count). The van der Waals surface area contributed by atoms with Crippen molar-refractivity contribution in [3.05, 3.63) is 29.3 Å². The van der Waals surface area contributed by atoms with E-state index in [2.05, 4.69) is 16.0 Å². The molecule has 6 nitrogen and oxygen atoms in total. The molecule has 0 aromatic heterocycles. The number of carbonyl (C=O) groups excluding carboxylic acids is 2. The average molecular weight is 370 g/mol. The molecule has 1 aromatic carbocycles. The second-order valence-electron chi connectivity index (χ2n) is 6.63. The molecule has 0 unspecified atom stereocenters. The van der Waals surface area contributed by atoms with E-state index in [1.165, 1.54) is 0 Å². The Balaban J connectivity index is 0.00000312. The van der Waals surface area contributed by atoms with Crippen LogP contribution in [0.15, 0.2) is 18.2 Å². The van der Waals surface area contributed by atoms with Gasteiger partial charge in [0.2, 0.25) is 5.91 Å². The Morgan fingerprint density at radius 1 is 1.36 bits per heavy atom. The number of morpholine rings is 1. The lowest BCUT2D eigenvalue weighted by Gasteiger charge is -2.29. The molecule has 3 N–H and O–H groups in total. The van der Waals surface area contributed by atoms with Crippen LogP contribution in [0.2, 0.25) is 0 Å². The SMILES string of the molecule is Cc1cc(C(=O)NCC(C)C)ccc1NC(=O)[C@H]1NCCO[C@@H]1C.Cl. The fourth-order valence-corrected chi connectivity index (χ4v) is 2.58. The van der Waals surface area contributed by atoms with Crippen LogP contribution in [0.25, 0.3) is 0 Å². The summed E-state index contributed by atoms with van der Waals surface area (Å²) >= 11 is 0. The van der Waals surface area contributed by atoms with Crippen molar-refractivity contribution in [1.29, 1.82) is 0 Å². The predicted octanol–water partition coefficient (Wildman–Crippen LogP) is 2.12. The highest BCUT2D eigenvalue weighted by molar-refractivity contribution is 5.98. The molecule has 25 heavy (non-hydrogen) atoms. The van der Waals surface area contributed by atoms with Crippen LogP contribution in [0.4, 0.5) is 5.69 Å². The van der Waals surface area contributed by atoms with Crippen molar-refractivity contribution in [2.75, 3.05) is 25.0 Å². The number of rotatable bonds is 5. The minimum absolute atomic E-state index is 0. The quantitative estimate of drug-likeness (QED) is 0.742. The minimum atomic E-state index is -0.368. The van der Waals surface area contributed by atoms with Gasteiger partial charge < -0.3 is 20.7 Å². The van der Waals surface area contributed by atoms with Crippen LogP contribution in [0.5, 0.6) is 0 Å². The molecule has 1 aromatic rings. The fourth-order valence-electron chi connectivity index (χ4n) is 2.58. The van der Waals surface area contributed by atoms with Crippen molar-refractivity contribution in [1.82, 2.24) is 10.6 Å². The zero-order chi connectivity index (χ0) is 17.7. The summed E-state index contributed by atoms with van der Waals surface area (Å²) in [7, 11) is 0. The summed E-state index contributed by atoms with van der Waals surface area (Å²) in [5, 5.41) is 8.97. The average Bonchev–Trinajstić information content (AvgIpc) is 2.54. The van der Waals surface area contributed by atoms with Gasteiger partial charge in [0.05, 0.1) is 12.7 Å². The Kier molecular flexibility index (Phi) is 8.35. The van der Waals surface area contributed by atoms with E-state index in [1.807, 2.05) is 27.7 Å². The smallest absolute Gasteiger partial charge is 0.251 e. The van der Waals surface area contributed by atoms with Gasteiger partial charge in [-0.1, -0.05) is 13.8 Å². The Labute approximate surface area is 155 Å². The predicted molar refractivity (Wildman–Crippen MR) is 101 cm³/mol. The normalized spacial score (nSPS) is 19.9. The van der Waals surface area contributed by atoms with Crippen LogP contribution in [-0.4, -0.2) is 43.7 Å². The number of carbonyl (C=O) groups is 2. The number of halogens is 1. The lowest BCUT2D eigenvalue weighted by atomic mass is 10.1. The molecule has 1 aliphatic heterocycles. The molecule has 140 valence electrons. The Morgan fingerprint density at radius 3 is 2.68 bits per heavy atom. The minimum Gasteiger partial charge on any atom is -0.375 e. The number of hydrogen-bond donors (Lipinski definition) is 3. The zero-order valence-corrected chi connectivity index (χ0v) is 16.0. The van der Waals surface area contributed by atoms with E-state index in [4.69, 9.17) is 4.74 Å². The van der Waals surface area contributed by atoms with Gasteiger partial charge in [-0.15, -0.1) is 12.4 Å². The number of nitrogens with one attached hydrogen (secondary N) is 3. The van der Waals surface area contributed by atoms with E-state index in [-0.39, 0.29) is 36.4 Å². The largest absolute Gasteiger partial charge is 0.375 e. The van der Waals surface area contributed by atoms with Gasteiger partial charge in [0.15, 0.2) is 0 Å². The maximum absolute atomic E-state index is 12.4. The second kappa shape index (κ2) is 9.75. The number of ether oxygens (including phenoxy) is 1. The lowest BCUT2D eigenvalue weighted by Crippen LogP contribution is -2.53. The Morgan fingerprint density at radius 2 is 2.08 bits per heavy atom. The summed E-state index contributed by atoms with van der Waals surface area (Å²) in [6.45, 7) is 9.78. The van der Waals surface area contributed by atoms with Crippen LogP contribution in [0.1, 0.15) is 36.7 Å². The van der Waals surface area contributed by atoms with Gasteiger partial charge in [0.1, 0.15) is 6.04 Å². The topological polar surface area (TPSA) is 79.5 Å². The number of amides is 2. The van der Waals surface area contributed by atoms with E-state index in [9.17, 15) is 9.59 Å². The molecule has 1 heterocycles. The highest BCUT2D eigenvalue weighted by atomic mass is 35.5. The highest BCUT2D eigenvalue weighted by Gasteiger charge is 2.28. The molecule has 0 aliphatic carbocycles. The van der Waals surface area contributed by atoms with Gasteiger partial charge in [0, 0.05) is 24.3 Å². The molecule has 2 amide bonds. The molecule has 1 aliphatic rings. The maximum Gasteiger partial charge on any atom is 0.251 e. The molecule has 0 spiro atoms. The van der Waals surface area contributed by atoms with Crippen LogP contribution >= 0.6 is 12.4 Å². The first-order chi connectivity index (χ1) is 11.4. The molecule has 0 bridgehead atoms. The van der Waals surface area contributed by atoms with Crippen molar-refractivity contribution in [2.45, 2.75) is 39.8 Å². The van der Waals surface area contributed by atoms with Gasteiger partial charge in [-0.05, 0) is 43.5 Å². The molecule has 2 atom stereocenters. The lowest BCUT2D eigenvalue weighted by molar-refractivity contribution is -0.123. The first-order valence-electron chi connectivity index (χ1n) is 8.43. The van der Waals surface area contributed by atoms with E-state index < -0.39 is 0 Å². The molecular formula is C18H28ClN3O3. The number of aryl methyl sites for hydroxylation is 1. The first-order valence-corrected chi connectivity index (χ1v) is 8.43. The van der Waals surface area contributed by atoms with Gasteiger partial charge in [-0.3, -0.25) is 9.59 Å². The molecule has 1 saturated heterocycles. The number of hydrogen-bond acceptors (Lipinski definition) is 4. The van der Waals surface area contributed by atoms with E-state index in [0.717, 1.165) is 5.56 Å². The molecule has 0 saturated carbocycles. The number of anilines is 1. The van der Waals surface area contributed by atoms with Gasteiger partial charge in [0.25, 0.3) is 5.91 Å². The highest BCUT2D eigenvalue weighted by Crippen LogP contribution is 2.18. The Bertz CT molecular complexity index is 607. The van der Waals surface area contributed by atoms with Crippen molar-refractivity contribution < 1.29 is 14.3 Å². The van der Waals surface area contributed by atoms with Crippen molar-refractivity contribution in [2.24, 2.45) is 5.92 Å². The molecular weight excluding hydrogens is 342 g/mol. The van der Waals surface area contributed by atoms with Crippen molar-refractivity contribution in [3.63, 3.8) is 0 Å². The van der Waals surface area contributed by atoms with E-state index in [1.54, 1.807) is 18.2 Å². The van der Waals surface area contributed by atoms with Crippen LogP contribution in [0.3, 0.4) is 0 Å². The van der Waals surface area contributed by atoms with Crippen LogP contribution in [0, 0.1) is 12.8 Å². The van der Waals surface area contributed by atoms with E-state index in [0.29, 0.717) is 36.9 Å². The third-order valence-corrected chi connectivity index (χ3v) is 4.02. The summed E-state index contributed by atoms with van der Waals surface area (Å²) in [6.07, 6.45) is -0.167. The summed E-state index contributed by atoms with van der Waals surface area (Å²) in [5.74, 6) is 0.184. The maximum atomic E-state index is 12.4. The van der Waals surface area contributed by atoms with Crippen molar-refractivity contribution >= 4 is 29.9 Å². The zero-order valence-electron chi connectivity index (χ0n) is 15.2. The summed E-state index contributed by atoms with van der Waals surface area (Å²) in [5.41, 5.74) is 2.16. The van der Waals surface area contributed by atoms with Gasteiger partial charge in [-0.2, -0.15) is 0 Å². The Hall–Kier alpha value is -1.63.